The molecule has 2 aromatic carbocycles. The van der Waals surface area contributed by atoms with E-state index < -0.39 is 11.8 Å². The Kier molecular flexibility index (Phi) is 4.14. The van der Waals surface area contributed by atoms with Gasteiger partial charge in [-0.15, -0.1) is 0 Å². The molecule has 0 radical (unpaired) electrons. The lowest BCUT2D eigenvalue weighted by Crippen LogP contribution is -2.54. The number of piperidine rings is 1. The number of carbonyl (C=O) groups excluding carboxylic acids is 2. The zero-order valence-electron chi connectivity index (χ0n) is 14.9. The molecule has 2 atom stereocenters. The van der Waals surface area contributed by atoms with Crippen LogP contribution in [0.4, 0.5) is 14.9 Å². The number of urea groups is 1. The molecular weight excluding hydrogens is 349 g/mol. The van der Waals surface area contributed by atoms with Gasteiger partial charge in [0.15, 0.2) is 0 Å². The lowest BCUT2D eigenvalue weighted by atomic mass is 9.83. The van der Waals surface area contributed by atoms with Gasteiger partial charge in [0.1, 0.15) is 17.4 Å². The molecular formula is C20H18FN3O3. The number of likely N-dealkylation sites (N-methyl/N-ethyl adjacent to an activating group) is 1. The minimum absolute atomic E-state index is 0.180. The van der Waals surface area contributed by atoms with Gasteiger partial charge in [-0.1, -0.05) is 12.1 Å². The minimum atomic E-state index is -0.393. The van der Waals surface area contributed by atoms with Gasteiger partial charge < -0.3 is 9.64 Å². The van der Waals surface area contributed by atoms with E-state index >= 15 is 0 Å². The summed E-state index contributed by atoms with van der Waals surface area (Å²) in [4.78, 5) is 32.3. The smallest absolute Gasteiger partial charge is 0.345 e. The highest BCUT2D eigenvalue weighted by molar-refractivity contribution is 6.25. The van der Waals surface area contributed by atoms with Crippen molar-refractivity contribution < 1.29 is 18.7 Å². The second-order valence-electron chi connectivity index (χ2n) is 6.60. The Morgan fingerprint density at radius 2 is 1.74 bits per heavy atom. The standard InChI is InChI=1S/C20H18FN3O3/c1-23-18-16(12-3-9-15(27-2)10-4-12)11-17(25)24(19(18)22-20(23)26)14-7-5-13(21)6-8-14/h3-10,16,18H,11H2,1-2H3. The number of aliphatic imine (C=N–C) groups is 1. The van der Waals surface area contributed by atoms with Crippen LogP contribution < -0.4 is 9.64 Å². The second kappa shape index (κ2) is 6.50. The van der Waals surface area contributed by atoms with Gasteiger partial charge in [0.2, 0.25) is 5.91 Å². The van der Waals surface area contributed by atoms with E-state index in [-0.39, 0.29) is 24.3 Å². The molecule has 6 nitrogen and oxygen atoms in total. The van der Waals surface area contributed by atoms with Crippen LogP contribution in [0.3, 0.4) is 0 Å². The average molecular weight is 367 g/mol. The SMILES string of the molecule is COc1ccc(C2CC(=O)N(c3ccc(F)cc3)C3=NC(=O)N(C)C32)cc1. The molecule has 2 aliphatic rings. The molecule has 138 valence electrons. The molecule has 1 saturated heterocycles. The van der Waals surface area contributed by atoms with Gasteiger partial charge in [-0.2, -0.15) is 4.99 Å². The van der Waals surface area contributed by atoms with E-state index in [1.165, 1.54) is 29.2 Å². The van der Waals surface area contributed by atoms with E-state index in [1.54, 1.807) is 19.1 Å². The molecule has 0 N–H and O–H groups in total. The van der Waals surface area contributed by atoms with Gasteiger partial charge in [0.05, 0.1) is 18.8 Å². The molecule has 0 aliphatic carbocycles. The third-order valence-corrected chi connectivity index (χ3v) is 5.08. The normalized spacial score (nSPS) is 22.0. The van der Waals surface area contributed by atoms with Crippen molar-refractivity contribution in [3.8, 4) is 5.75 Å². The van der Waals surface area contributed by atoms with Crippen LogP contribution in [0.2, 0.25) is 0 Å². The number of methoxy groups -OCH3 is 1. The third kappa shape index (κ3) is 2.85. The number of ether oxygens (including phenoxy) is 1. The number of hydrogen-bond donors (Lipinski definition) is 0. The zero-order valence-corrected chi connectivity index (χ0v) is 14.9. The molecule has 7 heteroatoms. The maximum absolute atomic E-state index is 13.3. The molecule has 2 aromatic rings. The van der Waals surface area contributed by atoms with E-state index in [4.69, 9.17) is 4.74 Å². The van der Waals surface area contributed by atoms with E-state index in [1.807, 2.05) is 24.3 Å². The number of halogens is 1. The number of amidine groups is 1. The van der Waals surface area contributed by atoms with Gasteiger partial charge in [-0.25, -0.2) is 9.18 Å². The van der Waals surface area contributed by atoms with Crippen molar-refractivity contribution in [2.24, 2.45) is 4.99 Å². The number of nitrogens with zero attached hydrogens (tertiary/aromatic N) is 3. The predicted octanol–water partition coefficient (Wildman–Crippen LogP) is 3.19. The van der Waals surface area contributed by atoms with E-state index in [9.17, 15) is 14.0 Å². The fourth-order valence-electron chi connectivity index (χ4n) is 3.70. The van der Waals surface area contributed by atoms with Gasteiger partial charge in [-0.05, 0) is 42.0 Å². The van der Waals surface area contributed by atoms with Crippen molar-refractivity contribution in [2.45, 2.75) is 18.4 Å². The van der Waals surface area contributed by atoms with Crippen LogP contribution in [0.5, 0.6) is 5.75 Å². The second-order valence-corrected chi connectivity index (χ2v) is 6.60. The molecule has 2 unspecified atom stereocenters. The van der Waals surface area contributed by atoms with Gasteiger partial charge in [0, 0.05) is 19.4 Å². The summed E-state index contributed by atoms with van der Waals surface area (Å²) >= 11 is 0. The fraction of sp³-hybridized carbons (Fsp3) is 0.250. The topological polar surface area (TPSA) is 62.2 Å². The third-order valence-electron chi connectivity index (χ3n) is 5.08. The Hall–Kier alpha value is -3.22. The molecule has 4 rings (SSSR count). The zero-order chi connectivity index (χ0) is 19.1. The summed E-state index contributed by atoms with van der Waals surface area (Å²) in [6.45, 7) is 0. The van der Waals surface area contributed by atoms with Crippen molar-refractivity contribution in [3.05, 3.63) is 59.9 Å². The highest BCUT2D eigenvalue weighted by Crippen LogP contribution is 2.38. The van der Waals surface area contributed by atoms with Crippen molar-refractivity contribution in [3.63, 3.8) is 0 Å². The van der Waals surface area contributed by atoms with Crippen LogP contribution in [-0.4, -0.2) is 42.9 Å². The molecule has 2 aliphatic heterocycles. The van der Waals surface area contributed by atoms with Gasteiger partial charge in [0.25, 0.3) is 0 Å². The molecule has 3 amide bonds. The molecule has 27 heavy (non-hydrogen) atoms. The Morgan fingerprint density at radius 3 is 2.37 bits per heavy atom. The lowest BCUT2D eigenvalue weighted by molar-refractivity contribution is -0.118. The monoisotopic (exact) mass is 367 g/mol. The highest BCUT2D eigenvalue weighted by Gasteiger charge is 2.48. The van der Waals surface area contributed by atoms with Crippen molar-refractivity contribution in [1.82, 2.24) is 4.90 Å². The van der Waals surface area contributed by atoms with E-state index in [2.05, 4.69) is 4.99 Å². The summed E-state index contributed by atoms with van der Waals surface area (Å²) in [6.07, 6.45) is 0.213. The van der Waals surface area contributed by atoms with Crippen molar-refractivity contribution >= 4 is 23.5 Å². The Morgan fingerprint density at radius 1 is 1.07 bits per heavy atom. The predicted molar refractivity (Wildman–Crippen MR) is 98.6 cm³/mol. The first kappa shape index (κ1) is 17.2. The summed E-state index contributed by atoms with van der Waals surface area (Å²) in [5, 5.41) is 0. The van der Waals surface area contributed by atoms with Gasteiger partial charge >= 0.3 is 6.03 Å². The number of benzene rings is 2. The Bertz CT molecular complexity index is 924. The van der Waals surface area contributed by atoms with Gasteiger partial charge in [-0.3, -0.25) is 9.69 Å². The van der Waals surface area contributed by atoms with E-state index in [0.29, 0.717) is 11.5 Å². The van der Waals surface area contributed by atoms with Crippen LogP contribution in [0.15, 0.2) is 53.5 Å². The summed E-state index contributed by atoms with van der Waals surface area (Å²) in [6, 6.07) is 12.3. The Labute approximate surface area is 155 Å². The molecule has 0 bridgehead atoms. The Balaban J connectivity index is 1.75. The van der Waals surface area contributed by atoms with Crippen LogP contribution in [0, 0.1) is 5.82 Å². The quantitative estimate of drug-likeness (QED) is 0.837. The maximum atomic E-state index is 13.3. The number of carbonyl (C=O) groups is 2. The first-order valence-electron chi connectivity index (χ1n) is 8.57. The molecule has 0 spiro atoms. The van der Waals surface area contributed by atoms with Crippen LogP contribution >= 0.6 is 0 Å². The minimum Gasteiger partial charge on any atom is -0.497 e. The number of rotatable bonds is 3. The van der Waals surface area contributed by atoms with Crippen LogP contribution in [0.25, 0.3) is 0 Å². The lowest BCUT2D eigenvalue weighted by Gasteiger charge is -2.39. The van der Waals surface area contributed by atoms with Crippen molar-refractivity contribution in [2.75, 3.05) is 19.1 Å². The molecule has 0 saturated carbocycles. The summed E-state index contributed by atoms with van der Waals surface area (Å²) in [5.41, 5.74) is 1.43. The van der Waals surface area contributed by atoms with Crippen molar-refractivity contribution in [1.29, 1.82) is 0 Å². The highest BCUT2D eigenvalue weighted by atomic mass is 19.1. The first-order valence-corrected chi connectivity index (χ1v) is 8.57. The maximum Gasteiger partial charge on any atom is 0.345 e. The fourth-order valence-corrected chi connectivity index (χ4v) is 3.70. The largest absolute Gasteiger partial charge is 0.497 e. The number of anilines is 1. The number of hydrogen-bond acceptors (Lipinski definition) is 3. The molecule has 0 aromatic heterocycles. The summed E-state index contributed by atoms with van der Waals surface area (Å²) < 4.78 is 18.5. The summed E-state index contributed by atoms with van der Waals surface area (Å²) in [7, 11) is 3.27. The average Bonchev–Trinajstić information content (AvgIpc) is 2.97. The molecule has 2 heterocycles. The molecule has 1 fully saturated rings. The number of amides is 3. The van der Waals surface area contributed by atoms with E-state index in [0.717, 1.165) is 11.3 Å². The first-order chi connectivity index (χ1) is 13.0. The van der Waals surface area contributed by atoms with Crippen LogP contribution in [0.1, 0.15) is 17.9 Å². The summed E-state index contributed by atoms with van der Waals surface area (Å²) in [5.74, 6) is 0.318. The number of fused-ring (bicyclic) bond motifs is 1. The van der Waals surface area contributed by atoms with Crippen LogP contribution in [-0.2, 0) is 4.79 Å².